The van der Waals surface area contributed by atoms with E-state index in [1.165, 1.54) is 28.0 Å². The minimum atomic E-state index is -4.71. The fourth-order valence-electron chi connectivity index (χ4n) is 5.23. The molecule has 4 heterocycles. The lowest BCUT2D eigenvalue weighted by molar-refractivity contribution is -0.274. The number of hydrogen-bond donors (Lipinski definition) is 0. The van der Waals surface area contributed by atoms with Crippen LogP contribution >= 0.6 is 11.3 Å². The Bertz CT molecular complexity index is 1340. The Morgan fingerprint density at radius 1 is 1.21 bits per heavy atom. The molecule has 1 aromatic carbocycles. The molecule has 2 aliphatic heterocycles. The van der Waals surface area contributed by atoms with E-state index in [0.29, 0.717) is 30.2 Å². The number of aryl methyl sites for hydroxylation is 2. The molecule has 5 rings (SSSR count). The van der Waals surface area contributed by atoms with E-state index >= 15 is 0 Å². The van der Waals surface area contributed by atoms with E-state index in [0.717, 1.165) is 34.9 Å². The topological polar surface area (TPSA) is 74.4 Å². The number of thiazole rings is 1. The molecule has 2 aromatic heterocycles. The molecule has 0 bridgehead atoms. The van der Waals surface area contributed by atoms with Gasteiger partial charge in [0.15, 0.2) is 0 Å². The number of nitrogens with zero attached hydrogens (tertiary/aromatic N) is 5. The van der Waals surface area contributed by atoms with Gasteiger partial charge in [-0.05, 0) is 49.9 Å². The smallest absolute Gasteiger partial charge is 0.406 e. The average molecular weight is 490 g/mol. The molecule has 0 N–H and O–H groups in total. The third-order valence-electron chi connectivity index (χ3n) is 6.67. The zero-order valence-corrected chi connectivity index (χ0v) is 19.4. The first-order chi connectivity index (χ1) is 16.2. The number of anilines is 2. The van der Waals surface area contributed by atoms with Gasteiger partial charge in [0.05, 0.1) is 10.7 Å². The number of pyridine rings is 1. The van der Waals surface area contributed by atoms with Crippen LogP contribution in [0.1, 0.15) is 23.4 Å². The summed E-state index contributed by atoms with van der Waals surface area (Å²) >= 11 is 1.44. The zero-order chi connectivity index (χ0) is 24.2. The number of halogens is 3. The highest BCUT2D eigenvalue weighted by Gasteiger charge is 2.40. The quantitative estimate of drug-likeness (QED) is 0.550. The minimum Gasteiger partial charge on any atom is -0.406 e. The minimum absolute atomic E-state index is 0.119. The number of hydrogen-bond acceptors (Lipinski definition) is 7. The Morgan fingerprint density at radius 3 is 2.62 bits per heavy atom. The van der Waals surface area contributed by atoms with Gasteiger partial charge in [0.2, 0.25) is 0 Å². The van der Waals surface area contributed by atoms with Crippen molar-refractivity contribution in [3.63, 3.8) is 0 Å². The summed E-state index contributed by atoms with van der Waals surface area (Å²) in [6, 6.07) is 8.33. The van der Waals surface area contributed by atoms with E-state index < -0.39 is 6.36 Å². The number of aromatic nitrogens is 2. The first kappa shape index (κ1) is 22.5. The molecule has 2 aliphatic rings. The van der Waals surface area contributed by atoms with Crippen molar-refractivity contribution in [3.8, 4) is 11.8 Å². The maximum atomic E-state index is 12.9. The Morgan fingerprint density at radius 2 is 1.94 bits per heavy atom. The summed E-state index contributed by atoms with van der Waals surface area (Å²) in [5, 5.41) is 10.6. The molecule has 3 aromatic rings. The van der Waals surface area contributed by atoms with Crippen LogP contribution in [0.15, 0.2) is 29.1 Å². The van der Waals surface area contributed by atoms with Crippen molar-refractivity contribution in [1.82, 2.24) is 9.55 Å². The first-order valence-corrected chi connectivity index (χ1v) is 11.8. The van der Waals surface area contributed by atoms with Crippen LogP contribution in [0.2, 0.25) is 0 Å². The Kier molecular flexibility index (Phi) is 5.43. The molecule has 0 saturated carbocycles. The molecule has 34 heavy (non-hydrogen) atoms. The van der Waals surface area contributed by atoms with Crippen molar-refractivity contribution >= 4 is 33.1 Å². The van der Waals surface area contributed by atoms with Crippen molar-refractivity contribution in [2.75, 3.05) is 29.4 Å². The fraction of sp³-hybridized carbons (Fsp3) is 0.435. The SMILES string of the molecule is Cc1nc2c(N3CC[C@H]4[C@H](CCN4c4ccc(OC(F)(F)F)cc4)C3)c(C#N)c(=O)n(C)c2s1. The summed E-state index contributed by atoms with van der Waals surface area (Å²) in [4.78, 5) is 22.6. The number of nitriles is 1. The molecular formula is C23H22F3N5O2S. The molecule has 7 nitrogen and oxygen atoms in total. The highest BCUT2D eigenvalue weighted by molar-refractivity contribution is 7.18. The Labute approximate surface area is 197 Å². The lowest BCUT2D eigenvalue weighted by Crippen LogP contribution is -2.47. The molecule has 0 spiro atoms. The third kappa shape index (κ3) is 3.86. The molecule has 0 radical (unpaired) electrons. The van der Waals surface area contributed by atoms with Crippen molar-refractivity contribution in [3.05, 3.63) is 45.2 Å². The van der Waals surface area contributed by atoms with Gasteiger partial charge < -0.3 is 19.1 Å². The zero-order valence-electron chi connectivity index (χ0n) is 18.6. The molecule has 2 atom stereocenters. The van der Waals surface area contributed by atoms with Gasteiger partial charge in [-0.1, -0.05) is 0 Å². The lowest BCUT2D eigenvalue weighted by Gasteiger charge is -2.40. The molecular weight excluding hydrogens is 467 g/mol. The van der Waals surface area contributed by atoms with Crippen molar-refractivity contribution in [2.45, 2.75) is 32.2 Å². The number of fused-ring (bicyclic) bond motifs is 2. The van der Waals surface area contributed by atoms with Crippen LogP contribution in [0, 0.1) is 24.2 Å². The summed E-state index contributed by atoms with van der Waals surface area (Å²) in [6.45, 7) is 4.01. The van der Waals surface area contributed by atoms with Crippen LogP contribution in [-0.4, -0.2) is 41.6 Å². The number of ether oxygens (including phenoxy) is 1. The van der Waals surface area contributed by atoms with Crippen molar-refractivity contribution < 1.29 is 17.9 Å². The summed E-state index contributed by atoms with van der Waals surface area (Å²) in [5.74, 6) is 0.0596. The lowest BCUT2D eigenvalue weighted by atomic mass is 9.92. The third-order valence-corrected chi connectivity index (χ3v) is 7.71. The Balaban J connectivity index is 1.40. The van der Waals surface area contributed by atoms with Crippen LogP contribution in [0.5, 0.6) is 5.75 Å². The fourth-order valence-corrected chi connectivity index (χ4v) is 6.11. The van der Waals surface area contributed by atoms with Crippen molar-refractivity contribution in [1.29, 1.82) is 5.26 Å². The number of benzene rings is 1. The standard InChI is InChI=1S/C23H22F3N5O2S/c1-13-28-19-20(17(11-27)21(32)29(2)22(19)34-13)30-9-8-18-14(12-30)7-10-31(18)15-3-5-16(6-4-15)33-23(24,25)26/h3-6,14,18H,7-10,12H2,1-2H3/t14-,18+/m1/s1. The van der Waals surface area contributed by atoms with Gasteiger partial charge in [-0.2, -0.15) is 5.26 Å². The summed E-state index contributed by atoms with van der Waals surface area (Å²) in [6.07, 6.45) is -3.00. The molecule has 2 saturated heterocycles. The van der Waals surface area contributed by atoms with Gasteiger partial charge >= 0.3 is 6.36 Å². The van der Waals surface area contributed by atoms with E-state index in [-0.39, 0.29) is 22.9 Å². The van der Waals surface area contributed by atoms with Gasteiger partial charge in [0.25, 0.3) is 5.56 Å². The second-order valence-corrected chi connectivity index (χ2v) is 9.85. The van der Waals surface area contributed by atoms with E-state index in [2.05, 4.69) is 25.6 Å². The molecule has 0 aliphatic carbocycles. The van der Waals surface area contributed by atoms with E-state index in [9.17, 15) is 23.2 Å². The predicted octanol–water partition coefficient (Wildman–Crippen LogP) is 4.18. The van der Waals surface area contributed by atoms with Gasteiger partial charge in [-0.15, -0.1) is 24.5 Å². The average Bonchev–Trinajstić information content (AvgIpc) is 3.38. The first-order valence-electron chi connectivity index (χ1n) is 10.9. The molecule has 2 fully saturated rings. The van der Waals surface area contributed by atoms with Gasteiger partial charge in [-0.3, -0.25) is 4.79 Å². The molecule has 0 unspecified atom stereocenters. The number of alkyl halides is 3. The van der Waals surface area contributed by atoms with Crippen LogP contribution in [0.4, 0.5) is 24.5 Å². The second-order valence-electron chi connectivity index (χ2n) is 8.67. The van der Waals surface area contributed by atoms with E-state index in [1.807, 2.05) is 6.92 Å². The van der Waals surface area contributed by atoms with E-state index in [4.69, 9.17) is 0 Å². The highest BCUT2D eigenvalue weighted by atomic mass is 32.1. The number of piperidine rings is 1. The van der Waals surface area contributed by atoms with Crippen LogP contribution in [-0.2, 0) is 7.05 Å². The summed E-state index contributed by atoms with van der Waals surface area (Å²) in [5.41, 5.74) is 1.98. The predicted molar refractivity (Wildman–Crippen MR) is 124 cm³/mol. The number of rotatable bonds is 3. The molecule has 178 valence electrons. The van der Waals surface area contributed by atoms with Gasteiger partial charge in [0, 0.05) is 38.4 Å². The monoisotopic (exact) mass is 489 g/mol. The van der Waals surface area contributed by atoms with E-state index in [1.54, 1.807) is 19.2 Å². The molecule has 11 heteroatoms. The van der Waals surface area contributed by atoms with Crippen molar-refractivity contribution in [2.24, 2.45) is 13.0 Å². The largest absolute Gasteiger partial charge is 0.573 e. The normalized spacial score (nSPS) is 20.5. The maximum absolute atomic E-state index is 12.9. The van der Waals surface area contributed by atoms with Gasteiger partial charge in [0.1, 0.15) is 27.7 Å². The van der Waals surface area contributed by atoms with Crippen LogP contribution in [0.25, 0.3) is 10.3 Å². The summed E-state index contributed by atoms with van der Waals surface area (Å²) < 4.78 is 42.9. The second kappa shape index (κ2) is 8.20. The summed E-state index contributed by atoms with van der Waals surface area (Å²) in [7, 11) is 1.67. The molecule has 0 amide bonds. The Hall–Kier alpha value is -3.26. The van der Waals surface area contributed by atoms with Crippen LogP contribution in [0.3, 0.4) is 0 Å². The highest BCUT2D eigenvalue weighted by Crippen LogP contribution is 2.39. The van der Waals surface area contributed by atoms with Gasteiger partial charge in [-0.25, -0.2) is 4.98 Å². The maximum Gasteiger partial charge on any atom is 0.573 e. The van der Waals surface area contributed by atoms with Crippen LogP contribution < -0.4 is 20.1 Å².